The number of hydrogen-bond donors (Lipinski definition) is 1. The van der Waals surface area contributed by atoms with Crippen LogP contribution >= 0.6 is 11.3 Å². The molecular formula is C14H22N2O2S. The first-order chi connectivity index (χ1) is 9.20. The van der Waals surface area contributed by atoms with Crippen LogP contribution in [-0.2, 0) is 9.47 Å². The van der Waals surface area contributed by atoms with E-state index in [1.165, 1.54) is 4.88 Å². The van der Waals surface area contributed by atoms with Crippen molar-refractivity contribution in [3.8, 4) is 0 Å². The third-order valence-corrected chi connectivity index (χ3v) is 5.04. The van der Waals surface area contributed by atoms with Gasteiger partial charge in [-0.1, -0.05) is 6.07 Å². The maximum absolute atomic E-state index is 6.21. The highest BCUT2D eigenvalue weighted by Gasteiger charge is 2.41. The highest BCUT2D eigenvalue weighted by Crippen LogP contribution is 2.36. The minimum Gasteiger partial charge on any atom is -0.347 e. The molecule has 2 aliphatic heterocycles. The van der Waals surface area contributed by atoms with Crippen molar-refractivity contribution in [2.75, 3.05) is 26.3 Å². The average molecular weight is 282 g/mol. The molecule has 0 aromatic carbocycles. The van der Waals surface area contributed by atoms with E-state index < -0.39 is 0 Å². The van der Waals surface area contributed by atoms with Crippen LogP contribution in [0.4, 0.5) is 0 Å². The molecule has 0 aliphatic carbocycles. The van der Waals surface area contributed by atoms with E-state index in [2.05, 4.69) is 29.3 Å². The van der Waals surface area contributed by atoms with Crippen molar-refractivity contribution in [1.29, 1.82) is 0 Å². The first-order valence-electron chi connectivity index (χ1n) is 7.01. The molecule has 0 bridgehead atoms. The van der Waals surface area contributed by atoms with Gasteiger partial charge in [0, 0.05) is 36.9 Å². The molecule has 2 aliphatic rings. The first-order valence-corrected chi connectivity index (χ1v) is 7.89. The highest BCUT2D eigenvalue weighted by molar-refractivity contribution is 7.10. The van der Waals surface area contributed by atoms with Gasteiger partial charge in [0.1, 0.15) is 0 Å². The Morgan fingerprint density at radius 3 is 2.53 bits per heavy atom. The summed E-state index contributed by atoms with van der Waals surface area (Å²) in [4.78, 5) is 3.84. The quantitative estimate of drug-likeness (QED) is 0.921. The fourth-order valence-electron chi connectivity index (χ4n) is 3.16. The summed E-state index contributed by atoms with van der Waals surface area (Å²) in [6.45, 7) is 5.55. The number of piperidine rings is 1. The maximum Gasteiger partial charge on any atom is 0.170 e. The van der Waals surface area contributed by atoms with Crippen LogP contribution in [-0.4, -0.2) is 43.0 Å². The molecule has 2 N–H and O–H groups in total. The van der Waals surface area contributed by atoms with Gasteiger partial charge in [0.2, 0.25) is 0 Å². The molecule has 4 nitrogen and oxygen atoms in total. The minimum absolute atomic E-state index is 0.137. The first kappa shape index (κ1) is 13.5. The van der Waals surface area contributed by atoms with Crippen LogP contribution in [0, 0.1) is 0 Å². The van der Waals surface area contributed by atoms with E-state index in [9.17, 15) is 0 Å². The van der Waals surface area contributed by atoms with E-state index in [0.29, 0.717) is 6.04 Å². The standard InChI is InChI=1S/C14H22N2O2S/c1-11(15)13(12-3-2-10-19-12)16-6-4-14(5-7-16)17-8-9-18-14/h2-3,10-11,13H,4-9,15H2,1H3. The predicted molar refractivity (Wildman–Crippen MR) is 76.2 cm³/mol. The van der Waals surface area contributed by atoms with Gasteiger partial charge in [0.05, 0.1) is 19.3 Å². The molecule has 3 rings (SSSR count). The molecule has 0 radical (unpaired) electrons. The molecule has 19 heavy (non-hydrogen) atoms. The Hall–Kier alpha value is -0.460. The number of thiophene rings is 1. The lowest BCUT2D eigenvalue weighted by atomic mass is 9.98. The van der Waals surface area contributed by atoms with Crippen molar-refractivity contribution in [3.05, 3.63) is 22.4 Å². The fraction of sp³-hybridized carbons (Fsp3) is 0.714. The Bertz CT molecular complexity index is 392. The van der Waals surface area contributed by atoms with Gasteiger partial charge in [0.15, 0.2) is 5.79 Å². The minimum atomic E-state index is -0.297. The number of ether oxygens (including phenoxy) is 2. The second-order valence-electron chi connectivity index (χ2n) is 5.46. The van der Waals surface area contributed by atoms with Crippen molar-refractivity contribution in [2.24, 2.45) is 5.73 Å². The number of hydrogen-bond acceptors (Lipinski definition) is 5. The van der Waals surface area contributed by atoms with Crippen LogP contribution in [0.25, 0.3) is 0 Å². The van der Waals surface area contributed by atoms with Crippen molar-refractivity contribution in [2.45, 2.75) is 37.6 Å². The summed E-state index contributed by atoms with van der Waals surface area (Å²) in [5, 5.41) is 2.12. The van der Waals surface area contributed by atoms with Crippen molar-refractivity contribution in [3.63, 3.8) is 0 Å². The molecule has 1 aromatic rings. The summed E-state index contributed by atoms with van der Waals surface area (Å²) >= 11 is 1.79. The fourth-order valence-corrected chi connectivity index (χ4v) is 4.13. The SMILES string of the molecule is CC(N)C(c1cccs1)N1CCC2(CC1)OCCO2. The second kappa shape index (κ2) is 5.50. The summed E-state index contributed by atoms with van der Waals surface area (Å²) in [5.41, 5.74) is 6.21. The molecule has 1 spiro atoms. The summed E-state index contributed by atoms with van der Waals surface area (Å²) in [6.07, 6.45) is 1.89. The zero-order valence-electron chi connectivity index (χ0n) is 11.4. The third kappa shape index (κ3) is 2.71. The number of rotatable bonds is 3. The van der Waals surface area contributed by atoms with Gasteiger partial charge in [-0.3, -0.25) is 4.90 Å². The number of nitrogens with two attached hydrogens (primary N) is 1. The summed E-state index contributed by atoms with van der Waals surface area (Å²) in [6, 6.07) is 4.74. The van der Waals surface area contributed by atoms with Crippen molar-refractivity contribution < 1.29 is 9.47 Å². The maximum atomic E-state index is 6.21. The highest BCUT2D eigenvalue weighted by atomic mass is 32.1. The Morgan fingerprint density at radius 1 is 1.32 bits per heavy atom. The lowest BCUT2D eigenvalue weighted by molar-refractivity contribution is -0.188. The van der Waals surface area contributed by atoms with Crippen LogP contribution < -0.4 is 5.73 Å². The Kier molecular flexibility index (Phi) is 3.91. The van der Waals surface area contributed by atoms with Crippen LogP contribution in [0.5, 0.6) is 0 Å². The predicted octanol–water partition coefficient (Wildman–Crippen LogP) is 1.98. The lowest BCUT2D eigenvalue weighted by Crippen LogP contribution is -2.49. The summed E-state index contributed by atoms with van der Waals surface area (Å²) in [7, 11) is 0. The number of likely N-dealkylation sites (tertiary alicyclic amines) is 1. The summed E-state index contributed by atoms with van der Waals surface area (Å²) < 4.78 is 11.6. The van der Waals surface area contributed by atoms with E-state index >= 15 is 0 Å². The van der Waals surface area contributed by atoms with E-state index in [1.54, 1.807) is 11.3 Å². The Balaban J connectivity index is 1.68. The van der Waals surface area contributed by atoms with Gasteiger partial charge in [-0.15, -0.1) is 11.3 Å². The molecule has 3 heterocycles. The zero-order valence-corrected chi connectivity index (χ0v) is 12.2. The molecule has 2 saturated heterocycles. The second-order valence-corrected chi connectivity index (χ2v) is 6.44. The van der Waals surface area contributed by atoms with Gasteiger partial charge in [-0.2, -0.15) is 0 Å². The van der Waals surface area contributed by atoms with Gasteiger partial charge in [-0.05, 0) is 18.4 Å². The average Bonchev–Trinajstić information content (AvgIpc) is 3.04. The molecule has 5 heteroatoms. The normalized spacial score (nSPS) is 26.6. The zero-order chi connectivity index (χ0) is 13.3. The van der Waals surface area contributed by atoms with Gasteiger partial charge in [-0.25, -0.2) is 0 Å². The van der Waals surface area contributed by atoms with Crippen LogP contribution in [0.2, 0.25) is 0 Å². The van der Waals surface area contributed by atoms with Gasteiger partial charge in [0.25, 0.3) is 0 Å². The smallest absolute Gasteiger partial charge is 0.170 e. The van der Waals surface area contributed by atoms with E-state index in [4.69, 9.17) is 15.2 Å². The largest absolute Gasteiger partial charge is 0.347 e. The molecular weight excluding hydrogens is 260 g/mol. The topological polar surface area (TPSA) is 47.7 Å². The Labute approximate surface area is 118 Å². The molecule has 2 fully saturated rings. The van der Waals surface area contributed by atoms with Gasteiger partial charge < -0.3 is 15.2 Å². The van der Waals surface area contributed by atoms with E-state index in [-0.39, 0.29) is 11.8 Å². The van der Waals surface area contributed by atoms with Crippen LogP contribution in [0.15, 0.2) is 17.5 Å². The lowest BCUT2D eigenvalue weighted by Gasteiger charge is -2.42. The molecule has 1 aromatic heterocycles. The van der Waals surface area contributed by atoms with Gasteiger partial charge >= 0.3 is 0 Å². The van der Waals surface area contributed by atoms with E-state index in [1.807, 2.05) is 0 Å². The van der Waals surface area contributed by atoms with Crippen molar-refractivity contribution >= 4 is 11.3 Å². The molecule has 2 unspecified atom stereocenters. The molecule has 106 valence electrons. The molecule has 2 atom stereocenters. The summed E-state index contributed by atoms with van der Waals surface area (Å²) in [5.74, 6) is -0.297. The van der Waals surface area contributed by atoms with Crippen LogP contribution in [0.3, 0.4) is 0 Å². The van der Waals surface area contributed by atoms with Crippen LogP contribution in [0.1, 0.15) is 30.7 Å². The third-order valence-electron chi connectivity index (χ3n) is 4.10. The monoisotopic (exact) mass is 282 g/mol. The molecule has 0 amide bonds. The van der Waals surface area contributed by atoms with E-state index in [0.717, 1.165) is 39.1 Å². The van der Waals surface area contributed by atoms with Crippen molar-refractivity contribution in [1.82, 2.24) is 4.90 Å². The molecule has 0 saturated carbocycles. The Morgan fingerprint density at radius 2 is 2.00 bits per heavy atom. The number of nitrogens with zero attached hydrogens (tertiary/aromatic N) is 1.